The van der Waals surface area contributed by atoms with Gasteiger partial charge in [-0.15, -0.1) is 0 Å². The van der Waals surface area contributed by atoms with E-state index in [0.29, 0.717) is 39.1 Å². The molecule has 2 rings (SSSR count). The van der Waals surface area contributed by atoms with Gasteiger partial charge in [-0.05, 0) is 12.1 Å². The Balaban J connectivity index is 2.05. The fourth-order valence-electron chi connectivity index (χ4n) is 2.24. The first kappa shape index (κ1) is 17.4. The van der Waals surface area contributed by atoms with Crippen molar-refractivity contribution in [3.8, 4) is 11.5 Å². The Kier molecular flexibility index (Phi) is 7.22. The Labute approximate surface area is 139 Å². The maximum atomic E-state index is 10.0. The lowest BCUT2D eigenvalue weighted by molar-refractivity contribution is 0.310. The molecule has 0 amide bonds. The topological polar surface area (TPSA) is 77.3 Å². The number of carbonyl (C=O) groups excluding carboxylic acids is 2. The van der Waals surface area contributed by atoms with Crippen LogP contribution in [-0.4, -0.2) is 38.5 Å². The predicted octanol–water partition coefficient (Wildman–Crippen LogP) is 3.05. The maximum absolute atomic E-state index is 10.0. The minimum atomic E-state index is 0.409. The molecule has 0 fully saturated rings. The molecule has 0 bridgehead atoms. The molecule has 0 heterocycles. The van der Waals surface area contributed by atoms with Crippen LogP contribution in [0.4, 0.5) is 0 Å². The van der Waals surface area contributed by atoms with E-state index in [1.54, 1.807) is 0 Å². The first-order valence-corrected chi connectivity index (χ1v) is 7.71. The molecule has 0 atom stereocenters. The van der Waals surface area contributed by atoms with Gasteiger partial charge in [0.1, 0.15) is 11.5 Å². The van der Waals surface area contributed by atoms with Crippen LogP contribution in [0.1, 0.15) is 12.8 Å². The highest BCUT2D eigenvalue weighted by Gasteiger charge is 2.07. The molecule has 2 aromatic rings. The number of ether oxygens (including phenoxy) is 2. The molecule has 0 saturated heterocycles. The zero-order valence-corrected chi connectivity index (χ0v) is 13.2. The van der Waals surface area contributed by atoms with E-state index in [-0.39, 0.29) is 0 Å². The predicted molar refractivity (Wildman–Crippen MR) is 90.1 cm³/mol. The van der Waals surface area contributed by atoms with Gasteiger partial charge in [0.25, 0.3) is 0 Å². The summed E-state index contributed by atoms with van der Waals surface area (Å²) < 4.78 is 11.6. The summed E-state index contributed by atoms with van der Waals surface area (Å²) in [6.07, 6.45) is 4.33. The number of nitrogens with zero attached hydrogens (tertiary/aromatic N) is 2. The van der Waals surface area contributed by atoms with Crippen LogP contribution in [-0.2, 0) is 9.59 Å². The molecular weight excluding hydrogens is 308 g/mol. The van der Waals surface area contributed by atoms with Crippen LogP contribution in [0.25, 0.3) is 10.8 Å². The quantitative estimate of drug-likeness (QED) is 0.382. The van der Waals surface area contributed by atoms with Gasteiger partial charge in [0.15, 0.2) is 0 Å². The Morgan fingerprint density at radius 2 is 1.21 bits per heavy atom. The van der Waals surface area contributed by atoms with Crippen molar-refractivity contribution in [2.75, 3.05) is 26.3 Å². The highest BCUT2D eigenvalue weighted by molar-refractivity contribution is 5.93. The summed E-state index contributed by atoms with van der Waals surface area (Å²) in [7, 11) is 0. The number of rotatable bonds is 10. The monoisotopic (exact) mass is 326 g/mol. The molecule has 0 N–H and O–H groups in total. The van der Waals surface area contributed by atoms with E-state index in [2.05, 4.69) is 9.98 Å². The Hall–Kier alpha value is -2.94. The molecule has 0 saturated carbocycles. The lowest BCUT2D eigenvalue weighted by Gasteiger charge is -2.13. The number of fused-ring (bicyclic) bond motifs is 1. The molecule has 6 heteroatoms. The van der Waals surface area contributed by atoms with E-state index >= 15 is 0 Å². The van der Waals surface area contributed by atoms with Gasteiger partial charge in [0, 0.05) is 23.6 Å². The second-order valence-corrected chi connectivity index (χ2v) is 4.96. The third-order valence-electron chi connectivity index (χ3n) is 3.32. The van der Waals surface area contributed by atoms with Crippen LogP contribution in [0.15, 0.2) is 46.4 Å². The average molecular weight is 326 g/mol. The summed E-state index contributed by atoms with van der Waals surface area (Å²) >= 11 is 0. The molecule has 0 aliphatic heterocycles. The fraction of sp³-hybridized carbons (Fsp3) is 0.333. The van der Waals surface area contributed by atoms with Crippen molar-refractivity contribution >= 4 is 22.9 Å². The minimum Gasteiger partial charge on any atom is -0.493 e. The molecule has 0 radical (unpaired) electrons. The first-order valence-electron chi connectivity index (χ1n) is 7.71. The smallest absolute Gasteiger partial charge is 0.234 e. The van der Waals surface area contributed by atoms with E-state index in [0.717, 1.165) is 22.3 Å². The summed E-state index contributed by atoms with van der Waals surface area (Å²) in [5.74, 6) is 1.53. The van der Waals surface area contributed by atoms with Gasteiger partial charge in [0.2, 0.25) is 12.2 Å². The van der Waals surface area contributed by atoms with Crippen molar-refractivity contribution in [1.82, 2.24) is 0 Å². The van der Waals surface area contributed by atoms with E-state index in [1.807, 2.05) is 36.4 Å². The third kappa shape index (κ3) is 5.06. The second-order valence-electron chi connectivity index (χ2n) is 4.96. The van der Waals surface area contributed by atoms with E-state index in [4.69, 9.17) is 9.47 Å². The molecule has 6 nitrogen and oxygen atoms in total. The average Bonchev–Trinajstić information content (AvgIpc) is 2.62. The molecule has 0 spiro atoms. The van der Waals surface area contributed by atoms with Gasteiger partial charge in [-0.1, -0.05) is 24.3 Å². The normalized spacial score (nSPS) is 9.83. The highest BCUT2D eigenvalue weighted by Crippen LogP contribution is 2.33. The van der Waals surface area contributed by atoms with E-state index < -0.39 is 0 Å². The van der Waals surface area contributed by atoms with Gasteiger partial charge in [-0.3, -0.25) is 0 Å². The number of aliphatic imine (C=N–C) groups is 2. The highest BCUT2D eigenvalue weighted by atomic mass is 16.5. The SMILES string of the molecule is O=C=NCCCOc1ccc(OCCCN=C=O)c2ccccc12. The zero-order chi connectivity index (χ0) is 17.0. The zero-order valence-electron chi connectivity index (χ0n) is 13.2. The van der Waals surface area contributed by atoms with Gasteiger partial charge >= 0.3 is 0 Å². The Morgan fingerprint density at radius 1 is 0.750 bits per heavy atom. The summed E-state index contributed by atoms with van der Waals surface area (Å²) in [6.45, 7) is 1.76. The van der Waals surface area contributed by atoms with Crippen molar-refractivity contribution in [3.63, 3.8) is 0 Å². The van der Waals surface area contributed by atoms with Crippen molar-refractivity contribution < 1.29 is 19.1 Å². The molecule has 0 unspecified atom stereocenters. The summed E-state index contributed by atoms with van der Waals surface area (Å²) in [6, 6.07) is 11.5. The first-order chi connectivity index (χ1) is 11.9. The fourth-order valence-corrected chi connectivity index (χ4v) is 2.24. The largest absolute Gasteiger partial charge is 0.493 e. The van der Waals surface area contributed by atoms with Gasteiger partial charge in [0.05, 0.1) is 26.3 Å². The van der Waals surface area contributed by atoms with Crippen molar-refractivity contribution in [2.45, 2.75) is 12.8 Å². The molecule has 24 heavy (non-hydrogen) atoms. The lowest BCUT2D eigenvalue weighted by Crippen LogP contribution is -2.02. The molecule has 0 aromatic heterocycles. The van der Waals surface area contributed by atoms with Crippen LogP contribution in [0, 0.1) is 0 Å². The molecule has 124 valence electrons. The van der Waals surface area contributed by atoms with Crippen LogP contribution in [0.3, 0.4) is 0 Å². The Morgan fingerprint density at radius 3 is 1.62 bits per heavy atom. The lowest BCUT2D eigenvalue weighted by atomic mass is 10.1. The van der Waals surface area contributed by atoms with E-state index in [1.165, 1.54) is 12.2 Å². The molecule has 0 aliphatic carbocycles. The van der Waals surface area contributed by atoms with Crippen molar-refractivity contribution in [1.29, 1.82) is 0 Å². The molecule has 0 aliphatic rings. The van der Waals surface area contributed by atoms with Crippen molar-refractivity contribution in [3.05, 3.63) is 36.4 Å². The van der Waals surface area contributed by atoms with Crippen LogP contribution < -0.4 is 9.47 Å². The van der Waals surface area contributed by atoms with Crippen LogP contribution in [0.2, 0.25) is 0 Å². The second kappa shape index (κ2) is 9.95. The summed E-state index contributed by atoms with van der Waals surface area (Å²) in [5, 5.41) is 1.92. The maximum Gasteiger partial charge on any atom is 0.234 e. The standard InChI is InChI=1S/C18H18N2O4/c21-13-19-9-3-11-23-17-7-8-18(24-12-4-10-20-14-22)16-6-2-1-5-15(16)17/h1-2,5-8H,3-4,9-12H2. The minimum absolute atomic E-state index is 0.409. The van der Waals surface area contributed by atoms with Crippen LogP contribution in [0.5, 0.6) is 11.5 Å². The van der Waals surface area contributed by atoms with Gasteiger partial charge < -0.3 is 9.47 Å². The number of benzene rings is 2. The number of isocyanates is 2. The summed E-state index contributed by atoms with van der Waals surface area (Å²) in [5.41, 5.74) is 0. The molecule has 2 aromatic carbocycles. The van der Waals surface area contributed by atoms with E-state index in [9.17, 15) is 9.59 Å². The Bertz CT molecular complexity index is 698. The summed E-state index contributed by atoms with van der Waals surface area (Å²) in [4.78, 5) is 27.0. The number of hydrogen-bond acceptors (Lipinski definition) is 6. The van der Waals surface area contributed by atoms with Crippen molar-refractivity contribution in [2.24, 2.45) is 9.98 Å². The number of hydrogen-bond donors (Lipinski definition) is 0. The van der Waals surface area contributed by atoms with Gasteiger partial charge in [-0.25, -0.2) is 19.6 Å². The molecular formula is C18H18N2O4. The third-order valence-corrected chi connectivity index (χ3v) is 3.32. The van der Waals surface area contributed by atoms with Crippen LogP contribution >= 0.6 is 0 Å². The van der Waals surface area contributed by atoms with Gasteiger partial charge in [-0.2, -0.15) is 0 Å².